The lowest BCUT2D eigenvalue weighted by molar-refractivity contribution is -0.140. The lowest BCUT2D eigenvalue weighted by Gasteiger charge is -2.13. The van der Waals surface area contributed by atoms with Crippen LogP contribution >= 0.6 is 0 Å². The van der Waals surface area contributed by atoms with Crippen LogP contribution in [0.25, 0.3) is 0 Å². The molecule has 0 bridgehead atoms. The van der Waals surface area contributed by atoms with Crippen molar-refractivity contribution in [3.63, 3.8) is 0 Å². The number of rotatable bonds is 7. The van der Waals surface area contributed by atoms with Crippen LogP contribution in [0.3, 0.4) is 0 Å². The fourth-order valence-corrected chi connectivity index (χ4v) is 1.46. The number of hydrogen-bond donors (Lipinski definition) is 1. The first-order valence-corrected chi connectivity index (χ1v) is 5.48. The maximum atomic E-state index is 10.9. The molecule has 1 aromatic rings. The Morgan fingerprint density at radius 2 is 2.44 bits per heavy atom. The maximum absolute atomic E-state index is 10.9. The molecular formula is C11H19N3O2. The van der Waals surface area contributed by atoms with Gasteiger partial charge in [0.2, 0.25) is 0 Å². The number of esters is 1. The van der Waals surface area contributed by atoms with Gasteiger partial charge in [0.1, 0.15) is 0 Å². The first-order chi connectivity index (χ1) is 7.72. The Bertz CT molecular complexity index is 298. The van der Waals surface area contributed by atoms with Crippen molar-refractivity contribution in [2.75, 3.05) is 13.7 Å². The van der Waals surface area contributed by atoms with Gasteiger partial charge in [-0.15, -0.1) is 0 Å². The number of nitrogens with zero attached hydrogens (tertiary/aromatic N) is 2. The summed E-state index contributed by atoms with van der Waals surface area (Å²) >= 11 is 0. The summed E-state index contributed by atoms with van der Waals surface area (Å²) in [5.41, 5.74) is 0. The number of imidazole rings is 1. The molecular weight excluding hydrogens is 206 g/mol. The molecule has 0 fully saturated rings. The number of ether oxygens (including phenoxy) is 1. The Kier molecular flexibility index (Phi) is 5.56. The number of carbonyl (C=O) groups excluding carboxylic acids is 1. The first-order valence-electron chi connectivity index (χ1n) is 5.48. The van der Waals surface area contributed by atoms with E-state index in [4.69, 9.17) is 0 Å². The monoisotopic (exact) mass is 225 g/mol. The summed E-state index contributed by atoms with van der Waals surface area (Å²) in [7, 11) is 1.41. The Labute approximate surface area is 95.8 Å². The maximum Gasteiger partial charge on any atom is 0.305 e. The summed E-state index contributed by atoms with van der Waals surface area (Å²) in [6, 6.07) is 0.367. The largest absolute Gasteiger partial charge is 0.469 e. The molecule has 0 aromatic carbocycles. The second-order valence-electron chi connectivity index (χ2n) is 3.79. The van der Waals surface area contributed by atoms with Crippen LogP contribution in [0.15, 0.2) is 18.7 Å². The molecule has 1 N–H and O–H groups in total. The van der Waals surface area contributed by atoms with Gasteiger partial charge in [0.05, 0.1) is 13.4 Å². The second kappa shape index (κ2) is 7.00. The number of aromatic nitrogens is 2. The van der Waals surface area contributed by atoms with Crippen LogP contribution in [0.2, 0.25) is 0 Å². The highest BCUT2D eigenvalue weighted by Crippen LogP contribution is 1.94. The van der Waals surface area contributed by atoms with Gasteiger partial charge in [-0.25, -0.2) is 4.98 Å². The van der Waals surface area contributed by atoms with Crippen molar-refractivity contribution in [3.8, 4) is 0 Å². The number of hydrogen-bond acceptors (Lipinski definition) is 4. The van der Waals surface area contributed by atoms with Crippen molar-refractivity contribution >= 4 is 5.97 Å². The van der Waals surface area contributed by atoms with E-state index in [9.17, 15) is 4.79 Å². The third kappa shape index (κ3) is 4.93. The minimum atomic E-state index is -0.149. The van der Waals surface area contributed by atoms with E-state index in [0.29, 0.717) is 12.5 Å². The average Bonchev–Trinajstić information content (AvgIpc) is 2.76. The summed E-state index contributed by atoms with van der Waals surface area (Å²) in [4.78, 5) is 14.8. The number of carbonyl (C=O) groups is 1. The second-order valence-corrected chi connectivity index (χ2v) is 3.79. The normalized spacial score (nSPS) is 12.4. The van der Waals surface area contributed by atoms with E-state index in [2.05, 4.69) is 22.0 Å². The van der Waals surface area contributed by atoms with Crippen LogP contribution in [0.4, 0.5) is 0 Å². The van der Waals surface area contributed by atoms with Crippen molar-refractivity contribution in [3.05, 3.63) is 18.7 Å². The molecule has 1 heterocycles. The summed E-state index contributed by atoms with van der Waals surface area (Å²) in [5, 5.41) is 3.34. The highest BCUT2D eigenvalue weighted by Gasteiger charge is 2.03. The Balaban J connectivity index is 2.06. The van der Waals surface area contributed by atoms with Gasteiger partial charge in [-0.2, -0.15) is 0 Å². The summed E-state index contributed by atoms with van der Waals surface area (Å²) in [6.45, 7) is 3.82. The van der Waals surface area contributed by atoms with Crippen molar-refractivity contribution in [2.24, 2.45) is 0 Å². The SMILES string of the molecule is COC(=O)CCCNC(C)Cn1ccnc1. The number of nitrogens with one attached hydrogen (secondary N) is 1. The molecule has 0 aliphatic heterocycles. The van der Waals surface area contributed by atoms with E-state index in [1.54, 1.807) is 12.5 Å². The molecule has 16 heavy (non-hydrogen) atoms. The fourth-order valence-electron chi connectivity index (χ4n) is 1.46. The zero-order chi connectivity index (χ0) is 11.8. The molecule has 5 heteroatoms. The molecule has 1 aromatic heterocycles. The number of methoxy groups -OCH3 is 1. The lowest BCUT2D eigenvalue weighted by Crippen LogP contribution is -2.31. The van der Waals surface area contributed by atoms with Crippen molar-refractivity contribution < 1.29 is 9.53 Å². The van der Waals surface area contributed by atoms with Crippen molar-refractivity contribution in [2.45, 2.75) is 32.4 Å². The van der Waals surface area contributed by atoms with E-state index in [0.717, 1.165) is 19.5 Å². The van der Waals surface area contributed by atoms with Crippen LogP contribution in [0.1, 0.15) is 19.8 Å². The highest BCUT2D eigenvalue weighted by atomic mass is 16.5. The predicted octanol–water partition coefficient (Wildman–Crippen LogP) is 0.814. The Hall–Kier alpha value is -1.36. The fraction of sp³-hybridized carbons (Fsp3) is 0.636. The van der Waals surface area contributed by atoms with Gasteiger partial charge in [-0.1, -0.05) is 0 Å². The Morgan fingerprint density at radius 1 is 1.62 bits per heavy atom. The van der Waals surface area contributed by atoms with Crippen LogP contribution in [0.5, 0.6) is 0 Å². The van der Waals surface area contributed by atoms with E-state index < -0.39 is 0 Å². The van der Waals surface area contributed by atoms with E-state index in [-0.39, 0.29) is 5.97 Å². The molecule has 0 radical (unpaired) electrons. The summed E-state index contributed by atoms with van der Waals surface area (Å²) in [6.07, 6.45) is 6.78. The van der Waals surface area contributed by atoms with E-state index >= 15 is 0 Å². The standard InChI is InChI=1S/C11H19N3O2/c1-10(8-14-7-6-12-9-14)13-5-3-4-11(15)16-2/h6-7,9-10,13H,3-5,8H2,1-2H3. The summed E-state index contributed by atoms with van der Waals surface area (Å²) < 4.78 is 6.59. The molecule has 0 spiro atoms. The van der Waals surface area contributed by atoms with Gasteiger partial charge in [0, 0.05) is 31.4 Å². The molecule has 0 aliphatic rings. The molecule has 1 unspecified atom stereocenters. The quantitative estimate of drug-likeness (QED) is 0.551. The molecule has 0 saturated heterocycles. The molecule has 1 atom stereocenters. The molecule has 0 aliphatic carbocycles. The molecule has 0 saturated carbocycles. The highest BCUT2D eigenvalue weighted by molar-refractivity contribution is 5.69. The van der Waals surface area contributed by atoms with Crippen LogP contribution in [-0.2, 0) is 16.1 Å². The Morgan fingerprint density at radius 3 is 3.06 bits per heavy atom. The molecule has 0 amide bonds. The van der Waals surface area contributed by atoms with Crippen LogP contribution in [0, 0.1) is 0 Å². The zero-order valence-electron chi connectivity index (χ0n) is 9.85. The van der Waals surface area contributed by atoms with Gasteiger partial charge in [0.25, 0.3) is 0 Å². The van der Waals surface area contributed by atoms with Crippen LogP contribution < -0.4 is 5.32 Å². The predicted molar refractivity (Wildman–Crippen MR) is 60.9 cm³/mol. The average molecular weight is 225 g/mol. The molecule has 1 rings (SSSR count). The van der Waals surface area contributed by atoms with Crippen molar-refractivity contribution in [1.82, 2.24) is 14.9 Å². The van der Waals surface area contributed by atoms with Gasteiger partial charge < -0.3 is 14.6 Å². The van der Waals surface area contributed by atoms with E-state index in [1.165, 1.54) is 7.11 Å². The van der Waals surface area contributed by atoms with Crippen LogP contribution in [-0.4, -0.2) is 35.2 Å². The summed E-state index contributed by atoms with van der Waals surface area (Å²) in [5.74, 6) is -0.149. The smallest absolute Gasteiger partial charge is 0.305 e. The van der Waals surface area contributed by atoms with Gasteiger partial charge in [-0.3, -0.25) is 4.79 Å². The van der Waals surface area contributed by atoms with E-state index in [1.807, 2.05) is 10.8 Å². The lowest BCUT2D eigenvalue weighted by atomic mass is 10.2. The first kappa shape index (κ1) is 12.7. The van der Waals surface area contributed by atoms with Crippen molar-refractivity contribution in [1.29, 1.82) is 0 Å². The molecule has 5 nitrogen and oxygen atoms in total. The topological polar surface area (TPSA) is 56.1 Å². The molecule has 90 valence electrons. The van der Waals surface area contributed by atoms with Gasteiger partial charge >= 0.3 is 5.97 Å². The minimum Gasteiger partial charge on any atom is -0.469 e. The zero-order valence-corrected chi connectivity index (χ0v) is 9.85. The third-order valence-corrected chi connectivity index (χ3v) is 2.32. The van der Waals surface area contributed by atoms with Gasteiger partial charge in [-0.05, 0) is 19.9 Å². The van der Waals surface area contributed by atoms with Gasteiger partial charge in [0.15, 0.2) is 0 Å². The third-order valence-electron chi connectivity index (χ3n) is 2.32. The minimum absolute atomic E-state index is 0.149.